The van der Waals surface area contributed by atoms with Crippen LogP contribution in [0.15, 0.2) is 36.4 Å². The lowest BCUT2D eigenvalue weighted by Gasteiger charge is -2.08. The predicted octanol–water partition coefficient (Wildman–Crippen LogP) is 2.67. The van der Waals surface area contributed by atoms with Gasteiger partial charge in [0, 0.05) is 16.9 Å². The fourth-order valence-electron chi connectivity index (χ4n) is 1.66. The molecule has 4 heteroatoms. The summed E-state index contributed by atoms with van der Waals surface area (Å²) in [5, 5.41) is 0. The first-order valence-corrected chi connectivity index (χ1v) is 5.10. The Hall–Kier alpha value is -2.23. The molecule has 0 unspecified atom stereocenters. The Bertz CT molecular complexity index is 555. The van der Waals surface area contributed by atoms with E-state index in [0.717, 1.165) is 0 Å². The Balaban J connectivity index is 2.53. The van der Waals surface area contributed by atoms with Crippen LogP contribution in [-0.2, 0) is 0 Å². The average molecular weight is 232 g/mol. The van der Waals surface area contributed by atoms with Crippen LogP contribution >= 0.6 is 0 Å². The van der Waals surface area contributed by atoms with E-state index >= 15 is 0 Å². The Morgan fingerprint density at radius 3 is 2.47 bits per heavy atom. The summed E-state index contributed by atoms with van der Waals surface area (Å²) >= 11 is 0. The quantitative estimate of drug-likeness (QED) is 0.782. The topological polar surface area (TPSA) is 61.3 Å². The number of methoxy groups -OCH3 is 1. The maximum atomic E-state index is 13.6. The van der Waals surface area contributed by atoms with E-state index < -0.39 is 5.82 Å². The van der Waals surface area contributed by atoms with Crippen molar-refractivity contribution >= 4 is 11.4 Å². The Labute approximate surface area is 98.8 Å². The summed E-state index contributed by atoms with van der Waals surface area (Å²) < 4.78 is 18.4. The van der Waals surface area contributed by atoms with Crippen molar-refractivity contribution in [1.29, 1.82) is 0 Å². The molecule has 0 atom stereocenters. The second-order valence-corrected chi connectivity index (χ2v) is 3.70. The van der Waals surface area contributed by atoms with Crippen molar-refractivity contribution in [3.05, 3.63) is 42.2 Å². The molecule has 0 aliphatic heterocycles. The van der Waals surface area contributed by atoms with Gasteiger partial charge in [-0.3, -0.25) is 0 Å². The van der Waals surface area contributed by atoms with Crippen LogP contribution in [0.1, 0.15) is 0 Å². The smallest absolute Gasteiger partial charge is 0.165 e. The predicted molar refractivity (Wildman–Crippen MR) is 67.2 cm³/mol. The minimum atomic E-state index is -0.424. The molecule has 0 aliphatic carbocycles. The van der Waals surface area contributed by atoms with Crippen LogP contribution in [0.2, 0.25) is 0 Å². The van der Waals surface area contributed by atoms with E-state index in [4.69, 9.17) is 16.2 Å². The third-order valence-corrected chi connectivity index (χ3v) is 2.54. The van der Waals surface area contributed by atoms with Crippen molar-refractivity contribution < 1.29 is 9.13 Å². The molecule has 0 aromatic heterocycles. The maximum absolute atomic E-state index is 13.6. The van der Waals surface area contributed by atoms with Gasteiger partial charge in [-0.05, 0) is 35.9 Å². The normalized spacial score (nSPS) is 10.2. The number of ether oxygens (including phenoxy) is 1. The Morgan fingerprint density at radius 1 is 1.06 bits per heavy atom. The van der Waals surface area contributed by atoms with Crippen molar-refractivity contribution in [1.82, 2.24) is 0 Å². The summed E-state index contributed by atoms with van der Waals surface area (Å²) in [6.45, 7) is 0. The molecule has 3 nitrogen and oxygen atoms in total. The fraction of sp³-hybridized carbons (Fsp3) is 0.0769. The number of anilines is 2. The monoisotopic (exact) mass is 232 g/mol. The lowest BCUT2D eigenvalue weighted by Crippen LogP contribution is -1.94. The van der Waals surface area contributed by atoms with Crippen LogP contribution in [-0.4, -0.2) is 7.11 Å². The fourth-order valence-corrected chi connectivity index (χ4v) is 1.66. The van der Waals surface area contributed by atoms with Crippen molar-refractivity contribution in [3.63, 3.8) is 0 Å². The van der Waals surface area contributed by atoms with Gasteiger partial charge in [-0.15, -0.1) is 0 Å². The molecule has 0 bridgehead atoms. The van der Waals surface area contributed by atoms with Crippen LogP contribution in [0.3, 0.4) is 0 Å². The summed E-state index contributed by atoms with van der Waals surface area (Å²) in [5.41, 5.74) is 14.1. The molecule has 0 saturated carbocycles. The van der Waals surface area contributed by atoms with E-state index in [1.807, 2.05) is 0 Å². The van der Waals surface area contributed by atoms with Gasteiger partial charge in [0.15, 0.2) is 11.6 Å². The average Bonchev–Trinajstić information content (AvgIpc) is 2.32. The van der Waals surface area contributed by atoms with Crippen LogP contribution < -0.4 is 16.2 Å². The molecule has 2 rings (SSSR count). The second-order valence-electron chi connectivity index (χ2n) is 3.70. The number of rotatable bonds is 2. The number of halogens is 1. The van der Waals surface area contributed by atoms with E-state index in [1.165, 1.54) is 13.2 Å². The molecule has 17 heavy (non-hydrogen) atoms. The van der Waals surface area contributed by atoms with Gasteiger partial charge >= 0.3 is 0 Å². The van der Waals surface area contributed by atoms with Crippen molar-refractivity contribution in [2.45, 2.75) is 0 Å². The molecule has 88 valence electrons. The zero-order chi connectivity index (χ0) is 12.4. The second kappa shape index (κ2) is 4.33. The summed E-state index contributed by atoms with van der Waals surface area (Å²) in [6, 6.07) is 9.81. The van der Waals surface area contributed by atoms with E-state index in [0.29, 0.717) is 22.5 Å². The van der Waals surface area contributed by atoms with Crippen LogP contribution in [0, 0.1) is 5.82 Å². The minimum Gasteiger partial charge on any atom is -0.494 e. The minimum absolute atomic E-state index is 0.205. The molecule has 0 aliphatic rings. The number of benzene rings is 2. The SMILES string of the molecule is COc1ccc(-c2cc(N)ccc2N)cc1F. The third kappa shape index (κ3) is 2.15. The van der Waals surface area contributed by atoms with E-state index in [9.17, 15) is 4.39 Å². The summed E-state index contributed by atoms with van der Waals surface area (Å²) in [7, 11) is 1.42. The van der Waals surface area contributed by atoms with Crippen molar-refractivity contribution in [2.75, 3.05) is 18.6 Å². The van der Waals surface area contributed by atoms with Crippen molar-refractivity contribution in [2.24, 2.45) is 0 Å². The Kier molecular flexibility index (Phi) is 2.87. The van der Waals surface area contributed by atoms with Gasteiger partial charge in [-0.2, -0.15) is 0 Å². The lowest BCUT2D eigenvalue weighted by atomic mass is 10.0. The van der Waals surface area contributed by atoms with Gasteiger partial charge in [0.2, 0.25) is 0 Å². The summed E-state index contributed by atoms with van der Waals surface area (Å²) in [6.07, 6.45) is 0. The highest BCUT2D eigenvalue weighted by Gasteiger charge is 2.07. The van der Waals surface area contributed by atoms with Gasteiger partial charge in [-0.1, -0.05) is 6.07 Å². The molecule has 0 amide bonds. The first-order valence-electron chi connectivity index (χ1n) is 5.10. The highest BCUT2D eigenvalue weighted by Crippen LogP contribution is 2.30. The third-order valence-electron chi connectivity index (χ3n) is 2.54. The Morgan fingerprint density at radius 2 is 1.82 bits per heavy atom. The highest BCUT2D eigenvalue weighted by atomic mass is 19.1. The molecule has 0 fully saturated rings. The van der Waals surface area contributed by atoms with Gasteiger partial charge in [0.1, 0.15) is 0 Å². The molecule has 2 aromatic carbocycles. The first kappa shape index (κ1) is 11.3. The highest BCUT2D eigenvalue weighted by molar-refractivity contribution is 5.79. The van der Waals surface area contributed by atoms with Gasteiger partial charge in [-0.25, -0.2) is 4.39 Å². The molecule has 0 heterocycles. The summed E-state index contributed by atoms with van der Waals surface area (Å²) in [4.78, 5) is 0. The van der Waals surface area contributed by atoms with E-state index in [-0.39, 0.29) is 5.75 Å². The molecular weight excluding hydrogens is 219 g/mol. The maximum Gasteiger partial charge on any atom is 0.165 e. The number of nitrogen functional groups attached to an aromatic ring is 2. The zero-order valence-electron chi connectivity index (χ0n) is 9.41. The molecule has 0 spiro atoms. The molecule has 4 N–H and O–H groups in total. The van der Waals surface area contributed by atoms with E-state index in [2.05, 4.69) is 0 Å². The molecule has 2 aromatic rings. The standard InChI is InChI=1S/C13H13FN2O/c1-17-13-5-2-8(6-11(13)14)10-7-9(15)3-4-12(10)16/h2-7H,15-16H2,1H3. The lowest BCUT2D eigenvalue weighted by molar-refractivity contribution is 0.386. The largest absolute Gasteiger partial charge is 0.494 e. The molecule has 0 saturated heterocycles. The number of hydrogen-bond donors (Lipinski definition) is 2. The molecule has 0 radical (unpaired) electrons. The van der Waals surface area contributed by atoms with Crippen LogP contribution in [0.25, 0.3) is 11.1 Å². The molecular formula is C13H13FN2O. The van der Waals surface area contributed by atoms with Crippen LogP contribution in [0.4, 0.5) is 15.8 Å². The van der Waals surface area contributed by atoms with Gasteiger partial charge < -0.3 is 16.2 Å². The number of hydrogen-bond acceptors (Lipinski definition) is 3. The summed E-state index contributed by atoms with van der Waals surface area (Å²) in [5.74, 6) is -0.219. The van der Waals surface area contributed by atoms with Crippen LogP contribution in [0.5, 0.6) is 5.75 Å². The van der Waals surface area contributed by atoms with Gasteiger partial charge in [0.25, 0.3) is 0 Å². The zero-order valence-corrected chi connectivity index (χ0v) is 9.41. The first-order chi connectivity index (χ1) is 8.11. The number of nitrogens with two attached hydrogens (primary N) is 2. The van der Waals surface area contributed by atoms with Gasteiger partial charge in [0.05, 0.1) is 7.11 Å². The van der Waals surface area contributed by atoms with Crippen molar-refractivity contribution in [3.8, 4) is 16.9 Å². The van der Waals surface area contributed by atoms with E-state index in [1.54, 1.807) is 30.3 Å².